The molecule has 0 saturated carbocycles. The second kappa shape index (κ2) is 37.5. The smallest absolute Gasteiger partial charge is 0.493 e. The molecule has 8 N–H and O–H groups in total. The summed E-state index contributed by atoms with van der Waals surface area (Å²) < 4.78 is 56.1. The van der Waals surface area contributed by atoms with Gasteiger partial charge in [-0.2, -0.15) is 0 Å². The number of ether oxygens (including phenoxy) is 9. The third-order valence-electron chi connectivity index (χ3n) is 18.8. The molecule has 18 rings (SSSR count). The summed E-state index contributed by atoms with van der Waals surface area (Å²) in [7, 11) is 0. The first kappa shape index (κ1) is 82.5. The van der Waals surface area contributed by atoms with E-state index in [0.29, 0.717) is 182 Å². The molecule has 0 spiro atoms. The number of nitrogens with zero attached hydrogens (tertiary/aromatic N) is 16. The molecule has 0 amide bonds. The number of fused-ring (bicyclic) bond motifs is 40. The van der Waals surface area contributed by atoms with Crippen LogP contribution in [0.5, 0.6) is 40.2 Å². The molecule has 10 heterocycles. The van der Waals surface area contributed by atoms with Gasteiger partial charge < -0.3 is 139 Å². The summed E-state index contributed by atoms with van der Waals surface area (Å²) in [6.07, 6.45) is 1.07. The first-order valence-electron chi connectivity index (χ1n) is 37.4. The molecule has 6 aromatic heterocycles. The molecule has 34 heteroatoms. The fraction of sp³-hybridized carbons (Fsp3) is 0.238. The molecule has 0 atom stereocenters. The average molecular weight is 1690 g/mol. The second-order valence-electron chi connectivity index (χ2n) is 26.1. The van der Waals surface area contributed by atoms with Crippen molar-refractivity contribution in [3.8, 4) is 131 Å². The first-order valence-corrected chi connectivity index (χ1v) is 37.4. The van der Waals surface area contributed by atoms with Crippen molar-refractivity contribution < 1.29 is 118 Å². The maximum absolute atomic E-state index is 9.96. The SMILES string of the molecule is CCOc1cccc2c1-c1nc-2nc2[n-]c(nc3nc(nc4[n-]c(n1)c1cccc(OCCO)c41)-c1ccccc1-3)c1cccc(OCCCCOc3cccc4c5nc6nc(nc7[n-]c(nc8nc(nc([n-]5)c34)-c3cccc(OCCOCCO)c3-8)c3cccc(OCCO)c73)-c3cccc(OCCOCCO)c3-6)c21.O.OCCO.[Zn+2].[Zn+2]. The third-order valence-corrected chi connectivity index (χ3v) is 18.8. The topological polar surface area (TPSA) is 447 Å². The van der Waals surface area contributed by atoms with Crippen LogP contribution in [0.25, 0.3) is 179 Å². The van der Waals surface area contributed by atoms with Crippen LogP contribution in [0.15, 0.2) is 152 Å². The van der Waals surface area contributed by atoms with Gasteiger partial charge in [-0.05, 0) is 83.8 Å². The van der Waals surface area contributed by atoms with Crippen LogP contribution in [0.1, 0.15) is 19.8 Å². The van der Waals surface area contributed by atoms with Crippen LogP contribution in [-0.2, 0) is 48.4 Å². The standard InChI is InChI=1S/C82H66N16O13.C2H6O2.H2O.2Zn/c1-2-105-53-23-7-16-46-60(53)76-87-70(46)90-78-61-47(69(86-78)84-67-44-14-3-4-15-45(44)68(83-67)85-77-63-49(72(88-76)89-77)19-10-26-56(63)108-38-32-101)17-8-24-54(61)106-34-5-6-35-107-55-25-9-18-48-62(55)79-91-71(48)95-81-66-52(22-13-29-59(66)111-43-41-104-37-31-100)75(98-81)94-80-64-50(20-11-27-57(64)109-39-33-102)73(93-80)96-82-65-51(74(92-79)97-82)21-12-28-58(65)110-42-40-103-36-30-99;3-1-2-4;;;/h3-4,7-29,99-102H,2,5-6,30-43H2,1H3;3-4H,1-2H2;1H2;;/q-4;;;2*+2. The molecule has 0 unspecified atom stereocenters. The zero-order valence-electron chi connectivity index (χ0n) is 63.8. The fourth-order valence-corrected chi connectivity index (χ4v) is 14.0. The monoisotopic (exact) mass is 1690 g/mol. The van der Waals surface area contributed by atoms with Gasteiger partial charge in [-0.25, -0.2) is 19.9 Å². The minimum absolute atomic E-state index is 0. The van der Waals surface area contributed by atoms with Gasteiger partial charge in [0.15, 0.2) is 0 Å². The Hall–Kier alpha value is -12.0. The summed E-state index contributed by atoms with van der Waals surface area (Å²) in [6.45, 7) is 2.82. The summed E-state index contributed by atoms with van der Waals surface area (Å²) in [4.78, 5) is 82.7. The molecule has 8 aromatic carbocycles. The first-order chi connectivity index (χ1) is 56.7. The molecule has 0 radical (unpaired) electrons. The van der Waals surface area contributed by atoms with Gasteiger partial charge >= 0.3 is 39.0 Å². The number of unbranched alkanes of at least 4 members (excludes halogenated alkanes) is 1. The molecule has 14 aromatic rings. The number of hydrogen-bond donors (Lipinski definition) is 6. The van der Waals surface area contributed by atoms with Crippen molar-refractivity contribution in [3.63, 3.8) is 0 Å². The van der Waals surface area contributed by atoms with Crippen LogP contribution < -0.4 is 53.1 Å². The summed E-state index contributed by atoms with van der Waals surface area (Å²) in [5.74, 6) is 5.66. The zero-order valence-corrected chi connectivity index (χ0v) is 69.7. The average Bonchev–Trinajstić information content (AvgIpc) is 1.59. The largest absolute Gasteiger partial charge is 2.00 e. The van der Waals surface area contributed by atoms with E-state index in [9.17, 15) is 20.4 Å². The number of hydrogen-bond acceptors (Lipinski definition) is 27. The Labute approximate surface area is 696 Å². The van der Waals surface area contributed by atoms with Crippen LogP contribution in [0, 0.1) is 0 Å². The molecule has 32 nitrogen and oxygen atoms in total. The molecular formula is C84H74N16O16Zn2. The quantitative estimate of drug-likeness (QED) is 0.0197. The summed E-state index contributed by atoms with van der Waals surface area (Å²) in [5, 5.41) is 58.7. The summed E-state index contributed by atoms with van der Waals surface area (Å²) in [6, 6.07) is 46.8. The number of aliphatic hydroxyl groups is 6. The van der Waals surface area contributed by atoms with Gasteiger partial charge in [0.25, 0.3) is 0 Å². The summed E-state index contributed by atoms with van der Waals surface area (Å²) >= 11 is 0. The van der Waals surface area contributed by atoms with Crippen LogP contribution in [-0.4, -0.2) is 208 Å². The van der Waals surface area contributed by atoms with E-state index in [1.807, 2.05) is 153 Å². The van der Waals surface area contributed by atoms with Gasteiger partial charge in [-0.1, -0.05) is 109 Å². The van der Waals surface area contributed by atoms with Crippen molar-refractivity contribution in [2.45, 2.75) is 19.8 Å². The van der Waals surface area contributed by atoms with Crippen LogP contribution in [0.2, 0.25) is 0 Å². The number of benzene rings is 8. The Morgan fingerprint density at radius 2 is 0.508 bits per heavy atom. The molecular weight excluding hydrogens is 1620 g/mol. The fourth-order valence-electron chi connectivity index (χ4n) is 14.0. The van der Waals surface area contributed by atoms with E-state index in [-0.39, 0.29) is 196 Å². The van der Waals surface area contributed by atoms with Crippen molar-refractivity contribution in [1.29, 1.82) is 0 Å². The second-order valence-corrected chi connectivity index (χ2v) is 26.1. The molecule has 0 saturated heterocycles. The molecule has 16 bridgehead atoms. The van der Waals surface area contributed by atoms with Crippen LogP contribution in [0.4, 0.5) is 0 Å². The molecule has 0 aliphatic carbocycles. The van der Waals surface area contributed by atoms with E-state index in [2.05, 4.69) is 0 Å². The molecule has 590 valence electrons. The van der Waals surface area contributed by atoms with Crippen molar-refractivity contribution in [1.82, 2.24) is 79.7 Å². The number of aliphatic hydroxyl groups excluding tert-OH is 6. The zero-order chi connectivity index (χ0) is 78.3. The van der Waals surface area contributed by atoms with Gasteiger partial charge in [0.2, 0.25) is 0 Å². The van der Waals surface area contributed by atoms with Crippen LogP contribution >= 0.6 is 0 Å². The van der Waals surface area contributed by atoms with Gasteiger partial charge in [0.05, 0.1) is 149 Å². The van der Waals surface area contributed by atoms with Crippen molar-refractivity contribution in [3.05, 3.63) is 152 Å². The van der Waals surface area contributed by atoms with E-state index in [1.54, 1.807) is 6.07 Å². The normalized spacial score (nSPS) is 11.5. The Kier molecular flexibility index (Phi) is 26.2. The molecule has 0 fully saturated rings. The van der Waals surface area contributed by atoms with E-state index in [0.717, 1.165) is 11.1 Å². The van der Waals surface area contributed by atoms with Crippen LogP contribution in [0.3, 0.4) is 0 Å². The molecule has 4 aliphatic heterocycles. The molecule has 4 aliphatic rings. The van der Waals surface area contributed by atoms with Gasteiger partial charge in [0, 0.05) is 94.5 Å². The number of rotatable bonds is 28. The summed E-state index contributed by atoms with van der Waals surface area (Å²) in [5.41, 5.74) is 7.24. The minimum Gasteiger partial charge on any atom is -0.493 e. The molecule has 118 heavy (non-hydrogen) atoms. The van der Waals surface area contributed by atoms with E-state index in [4.69, 9.17) is 133 Å². The van der Waals surface area contributed by atoms with Gasteiger partial charge in [-0.15, -0.1) is 0 Å². The van der Waals surface area contributed by atoms with Crippen molar-refractivity contribution in [2.75, 3.05) is 112 Å². The Bertz CT molecular complexity index is 6380. The predicted octanol–water partition coefficient (Wildman–Crippen LogP) is 8.86. The minimum atomic E-state index is -0.244. The Balaban J connectivity index is 0.00000160. The van der Waals surface area contributed by atoms with Gasteiger partial charge in [0.1, 0.15) is 66.7 Å². The van der Waals surface area contributed by atoms with Crippen molar-refractivity contribution >= 4 is 88.3 Å². The maximum atomic E-state index is 9.96. The number of aromatic nitrogens is 16. The van der Waals surface area contributed by atoms with E-state index in [1.165, 1.54) is 0 Å². The predicted molar refractivity (Wildman–Crippen MR) is 429 cm³/mol. The van der Waals surface area contributed by atoms with E-state index < -0.39 is 0 Å². The maximum Gasteiger partial charge on any atom is 2.00 e. The van der Waals surface area contributed by atoms with Crippen molar-refractivity contribution in [2.24, 2.45) is 0 Å². The third kappa shape index (κ3) is 16.3. The Morgan fingerprint density at radius 3 is 0.831 bits per heavy atom. The van der Waals surface area contributed by atoms with E-state index >= 15 is 0 Å². The van der Waals surface area contributed by atoms with Gasteiger partial charge in [-0.3, -0.25) is 0 Å². The Morgan fingerprint density at radius 1 is 0.246 bits per heavy atom.